The highest BCUT2D eigenvalue weighted by Crippen LogP contribution is 2.27. The minimum Gasteiger partial charge on any atom is -0.492 e. The zero-order valence-corrected chi connectivity index (χ0v) is 16.6. The second-order valence-electron chi connectivity index (χ2n) is 5.19. The van der Waals surface area contributed by atoms with Gasteiger partial charge in [-0.3, -0.25) is 4.79 Å². The monoisotopic (exact) mass is 415 g/mol. The summed E-state index contributed by atoms with van der Waals surface area (Å²) in [6.45, 7) is 4.80. The van der Waals surface area contributed by atoms with E-state index in [2.05, 4.69) is 21.5 Å². The van der Waals surface area contributed by atoms with Gasteiger partial charge in [-0.1, -0.05) is 41.0 Å². The largest absolute Gasteiger partial charge is 0.492 e. The van der Waals surface area contributed by atoms with Crippen molar-refractivity contribution < 1.29 is 14.3 Å². The van der Waals surface area contributed by atoms with Gasteiger partial charge in [-0.05, 0) is 24.6 Å². The van der Waals surface area contributed by atoms with Crippen LogP contribution >= 0.6 is 35.0 Å². The molecule has 0 aliphatic heterocycles. The quantitative estimate of drug-likeness (QED) is 0.252. The summed E-state index contributed by atoms with van der Waals surface area (Å²) in [5.74, 6) is 1.28. The minimum atomic E-state index is -0.307. The maximum absolute atomic E-state index is 11.3. The lowest BCUT2D eigenvalue weighted by Gasteiger charge is -2.09. The van der Waals surface area contributed by atoms with Gasteiger partial charge in [0.25, 0.3) is 0 Å². The highest BCUT2D eigenvalue weighted by molar-refractivity contribution is 7.99. The predicted octanol–water partition coefficient (Wildman–Crippen LogP) is 4.05. The molecule has 0 atom stereocenters. The Hall–Kier alpha value is -1.70. The Labute approximate surface area is 166 Å². The van der Waals surface area contributed by atoms with Crippen molar-refractivity contribution in [2.24, 2.45) is 0 Å². The topological polar surface area (TPSA) is 66.2 Å². The van der Waals surface area contributed by atoms with Gasteiger partial charge in [-0.15, -0.1) is 16.8 Å². The van der Waals surface area contributed by atoms with E-state index in [9.17, 15) is 4.79 Å². The molecule has 0 bridgehead atoms. The van der Waals surface area contributed by atoms with E-state index in [0.717, 1.165) is 12.2 Å². The molecule has 1 aromatic heterocycles. The molecule has 140 valence electrons. The van der Waals surface area contributed by atoms with Crippen molar-refractivity contribution in [2.45, 2.75) is 24.5 Å². The molecule has 26 heavy (non-hydrogen) atoms. The van der Waals surface area contributed by atoms with Gasteiger partial charge in [-0.25, -0.2) is 0 Å². The first kappa shape index (κ1) is 20.6. The molecule has 0 aliphatic carbocycles. The SMILES string of the molecule is C=CCn1c(CCCOc2ccc(Cl)cc2Cl)nnc1SCC(=O)OC. The van der Waals surface area contributed by atoms with E-state index in [4.69, 9.17) is 27.9 Å². The van der Waals surface area contributed by atoms with Crippen LogP contribution in [0.25, 0.3) is 0 Å². The summed E-state index contributed by atoms with van der Waals surface area (Å²) in [4.78, 5) is 11.3. The molecule has 0 amide bonds. The lowest BCUT2D eigenvalue weighted by atomic mass is 10.3. The number of nitrogens with zero attached hydrogens (tertiary/aromatic N) is 3. The zero-order valence-electron chi connectivity index (χ0n) is 14.3. The molecule has 2 aromatic rings. The third-order valence-electron chi connectivity index (χ3n) is 3.35. The molecule has 0 saturated carbocycles. The van der Waals surface area contributed by atoms with Crippen molar-refractivity contribution in [3.63, 3.8) is 0 Å². The zero-order chi connectivity index (χ0) is 18.9. The number of thioether (sulfide) groups is 1. The molecule has 0 aliphatic rings. The fourth-order valence-corrected chi connectivity index (χ4v) is 3.37. The van der Waals surface area contributed by atoms with Gasteiger partial charge in [-0.2, -0.15) is 0 Å². The fourth-order valence-electron chi connectivity index (χ4n) is 2.11. The number of hydrogen-bond acceptors (Lipinski definition) is 6. The van der Waals surface area contributed by atoms with Gasteiger partial charge in [0.05, 0.1) is 24.5 Å². The van der Waals surface area contributed by atoms with Crippen LogP contribution in [0.1, 0.15) is 12.2 Å². The lowest BCUT2D eigenvalue weighted by molar-refractivity contribution is -0.137. The number of esters is 1. The molecule has 0 fully saturated rings. The van der Waals surface area contributed by atoms with E-state index in [1.165, 1.54) is 18.9 Å². The number of methoxy groups -OCH3 is 1. The molecule has 0 spiro atoms. The number of aryl methyl sites for hydroxylation is 1. The number of hydrogen-bond donors (Lipinski definition) is 0. The van der Waals surface area contributed by atoms with Crippen LogP contribution in [-0.2, 0) is 22.5 Å². The second-order valence-corrected chi connectivity index (χ2v) is 6.98. The molecular weight excluding hydrogens is 397 g/mol. The Morgan fingerprint density at radius 2 is 2.19 bits per heavy atom. The third-order valence-corrected chi connectivity index (χ3v) is 4.82. The van der Waals surface area contributed by atoms with Gasteiger partial charge in [0.2, 0.25) is 0 Å². The lowest BCUT2D eigenvalue weighted by Crippen LogP contribution is -2.08. The first-order valence-corrected chi connectivity index (χ1v) is 9.59. The van der Waals surface area contributed by atoms with E-state index >= 15 is 0 Å². The number of carbonyl (C=O) groups excluding carboxylic acids is 1. The molecule has 0 saturated heterocycles. The third kappa shape index (κ3) is 5.93. The highest BCUT2D eigenvalue weighted by Gasteiger charge is 2.13. The van der Waals surface area contributed by atoms with Crippen molar-refractivity contribution >= 4 is 40.9 Å². The van der Waals surface area contributed by atoms with E-state index in [-0.39, 0.29) is 11.7 Å². The molecule has 6 nitrogen and oxygen atoms in total. The Bertz CT molecular complexity index is 768. The van der Waals surface area contributed by atoms with Crippen molar-refractivity contribution in [3.8, 4) is 5.75 Å². The summed E-state index contributed by atoms with van der Waals surface area (Å²) in [6.07, 6.45) is 3.17. The van der Waals surface area contributed by atoms with Crippen molar-refractivity contribution in [1.29, 1.82) is 0 Å². The number of benzene rings is 1. The van der Waals surface area contributed by atoms with E-state index in [1.54, 1.807) is 24.3 Å². The Kier molecular flexibility index (Phi) is 8.28. The Balaban J connectivity index is 1.90. The summed E-state index contributed by atoms with van der Waals surface area (Å²) in [5.41, 5.74) is 0. The summed E-state index contributed by atoms with van der Waals surface area (Å²) in [7, 11) is 1.36. The van der Waals surface area contributed by atoms with Crippen LogP contribution in [-0.4, -0.2) is 40.2 Å². The maximum atomic E-state index is 11.3. The summed E-state index contributed by atoms with van der Waals surface area (Å²) in [5, 5.41) is 10.1. The van der Waals surface area contributed by atoms with Crippen LogP contribution in [0.3, 0.4) is 0 Å². The number of rotatable bonds is 10. The summed E-state index contributed by atoms with van der Waals surface area (Å²) in [6, 6.07) is 5.12. The molecule has 9 heteroatoms. The number of ether oxygens (including phenoxy) is 2. The van der Waals surface area contributed by atoms with Gasteiger partial charge in [0, 0.05) is 18.0 Å². The van der Waals surface area contributed by atoms with Gasteiger partial charge >= 0.3 is 5.97 Å². The maximum Gasteiger partial charge on any atom is 0.316 e. The van der Waals surface area contributed by atoms with Crippen LogP contribution in [0, 0.1) is 0 Å². The van der Waals surface area contributed by atoms with Gasteiger partial charge in [0.1, 0.15) is 11.6 Å². The summed E-state index contributed by atoms with van der Waals surface area (Å²) < 4.78 is 12.2. The first-order chi connectivity index (χ1) is 12.5. The van der Waals surface area contributed by atoms with Crippen LogP contribution in [0.2, 0.25) is 10.0 Å². The average Bonchev–Trinajstić information content (AvgIpc) is 3.00. The van der Waals surface area contributed by atoms with E-state index in [1.807, 2.05) is 4.57 Å². The smallest absolute Gasteiger partial charge is 0.316 e. The van der Waals surface area contributed by atoms with Gasteiger partial charge < -0.3 is 14.0 Å². The molecule has 0 radical (unpaired) electrons. The summed E-state index contributed by atoms with van der Waals surface area (Å²) >= 11 is 13.2. The highest BCUT2D eigenvalue weighted by atomic mass is 35.5. The second kappa shape index (κ2) is 10.4. The molecule has 0 N–H and O–H groups in total. The average molecular weight is 416 g/mol. The number of allylic oxidation sites excluding steroid dienone is 1. The van der Waals surface area contributed by atoms with Crippen LogP contribution in [0.15, 0.2) is 36.0 Å². The number of halogens is 2. The Morgan fingerprint density at radius 3 is 2.88 bits per heavy atom. The predicted molar refractivity (Wildman–Crippen MR) is 103 cm³/mol. The van der Waals surface area contributed by atoms with Crippen LogP contribution in [0.5, 0.6) is 5.75 Å². The van der Waals surface area contributed by atoms with Crippen molar-refractivity contribution in [2.75, 3.05) is 19.5 Å². The van der Waals surface area contributed by atoms with Crippen LogP contribution < -0.4 is 4.74 Å². The minimum absolute atomic E-state index is 0.184. The molecule has 1 heterocycles. The van der Waals surface area contributed by atoms with E-state index < -0.39 is 0 Å². The van der Waals surface area contributed by atoms with Crippen molar-refractivity contribution in [1.82, 2.24) is 14.8 Å². The van der Waals surface area contributed by atoms with E-state index in [0.29, 0.717) is 40.5 Å². The molecular formula is C17H19Cl2N3O3S. The fraction of sp³-hybridized carbons (Fsp3) is 0.353. The van der Waals surface area contributed by atoms with Gasteiger partial charge in [0.15, 0.2) is 5.16 Å². The number of carbonyl (C=O) groups is 1. The molecule has 2 rings (SSSR count). The Morgan fingerprint density at radius 1 is 1.38 bits per heavy atom. The number of aromatic nitrogens is 3. The van der Waals surface area contributed by atoms with Crippen molar-refractivity contribution in [3.05, 3.63) is 46.7 Å². The standard InChI is InChI=1S/C17H19Cl2N3O3S/c1-3-8-22-15(20-21-17(22)26-11-16(23)24-2)5-4-9-25-14-7-6-12(18)10-13(14)19/h3,6-7,10H,1,4-5,8-9,11H2,2H3. The normalized spacial score (nSPS) is 10.6. The first-order valence-electron chi connectivity index (χ1n) is 7.85. The molecule has 0 unspecified atom stereocenters. The molecule has 1 aromatic carbocycles. The van der Waals surface area contributed by atoms with Crippen LogP contribution in [0.4, 0.5) is 0 Å².